The summed E-state index contributed by atoms with van der Waals surface area (Å²) in [5.74, 6) is 5.55. The summed E-state index contributed by atoms with van der Waals surface area (Å²) in [4.78, 5) is 25.2. The van der Waals surface area contributed by atoms with Crippen molar-refractivity contribution in [2.75, 3.05) is 41.1 Å². The molecule has 2 saturated heterocycles. The van der Waals surface area contributed by atoms with Crippen LogP contribution < -0.4 is 0 Å². The fraction of sp³-hybridized carbons (Fsp3) is 0.943. The lowest BCUT2D eigenvalue weighted by molar-refractivity contribution is -0.154. The SMILES string of the molecule is CCCCC1(CCCC)CC[S+](CC(=O)OCC(C)OC(=O)C[S+]2CCC(CCCC)(CCCC)CC2)CC1.O=S(=O)([O-])C(F)(F)F.O=S(=O)([O-])C(F)(F)F. The first-order valence-electron chi connectivity index (χ1n) is 19.0. The van der Waals surface area contributed by atoms with E-state index in [-0.39, 0.29) is 46.4 Å². The summed E-state index contributed by atoms with van der Waals surface area (Å²) >= 11 is 0. The average Bonchev–Trinajstić information content (AvgIpc) is 3.08. The highest BCUT2D eigenvalue weighted by atomic mass is 32.2. The van der Waals surface area contributed by atoms with Gasteiger partial charge >= 0.3 is 23.0 Å². The standard InChI is InChI=1S/C33H62O4S2.2CHF3O3S/c1-6-10-14-32(15-11-7-2)18-22-38(23-19-32)27-30(34)36-26-29(5)37-31(35)28-39-24-20-33(21-25-39,16-12-8-3)17-13-9-4;2*2-1(3,4)8(5,6)7/h29H,6-28H2,1-5H3;2*(H,5,6,7)/q+2;;/p-2. The highest BCUT2D eigenvalue weighted by Crippen LogP contribution is 2.43. The first-order valence-corrected chi connectivity index (χ1v) is 25.2. The summed E-state index contributed by atoms with van der Waals surface area (Å²) in [7, 11) is -11.9. The molecule has 0 aliphatic carbocycles. The molecular weight excluding hydrogens is 823 g/mol. The Labute approximate surface area is 330 Å². The number of rotatable bonds is 19. The zero-order valence-corrected chi connectivity index (χ0v) is 36.1. The molecule has 0 aromatic carbocycles. The Bertz CT molecular complexity index is 1250. The largest absolute Gasteiger partial charge is 0.741 e. The maximum Gasteiger partial charge on any atom is 0.485 e. The zero-order chi connectivity index (χ0) is 42.6. The molecule has 0 aromatic heterocycles. The summed E-state index contributed by atoms with van der Waals surface area (Å²) in [5.41, 5.74) is -10.2. The minimum atomic E-state index is -6.09. The van der Waals surface area contributed by atoms with Crippen LogP contribution in [0.5, 0.6) is 0 Å². The van der Waals surface area contributed by atoms with E-state index in [0.29, 0.717) is 22.3 Å². The number of esters is 2. The Balaban J connectivity index is 0.00000151. The minimum absolute atomic E-state index is 0.110. The molecule has 0 saturated carbocycles. The molecule has 0 N–H and O–H groups in total. The minimum Gasteiger partial charge on any atom is -0.741 e. The van der Waals surface area contributed by atoms with E-state index < -0.39 is 31.3 Å². The molecule has 0 radical (unpaired) electrons. The van der Waals surface area contributed by atoms with Gasteiger partial charge in [0.2, 0.25) is 11.5 Å². The van der Waals surface area contributed by atoms with Crippen LogP contribution in [-0.4, -0.2) is 96.1 Å². The lowest BCUT2D eigenvalue weighted by Gasteiger charge is -2.37. The number of halogens is 6. The van der Waals surface area contributed by atoms with Gasteiger partial charge in [0.05, 0.1) is 0 Å². The molecule has 55 heavy (non-hydrogen) atoms. The number of carbonyl (C=O) groups is 2. The Morgan fingerprint density at radius 3 is 1.15 bits per heavy atom. The van der Waals surface area contributed by atoms with Crippen LogP contribution in [-0.2, 0) is 61.1 Å². The van der Waals surface area contributed by atoms with Crippen molar-refractivity contribution < 1.29 is 71.3 Å². The van der Waals surface area contributed by atoms with Gasteiger partial charge in [0.15, 0.2) is 20.2 Å². The lowest BCUT2D eigenvalue weighted by atomic mass is 9.74. The number of ether oxygens (including phenoxy) is 2. The van der Waals surface area contributed by atoms with Crippen molar-refractivity contribution in [3.8, 4) is 0 Å². The van der Waals surface area contributed by atoms with Crippen molar-refractivity contribution in [1.82, 2.24) is 0 Å². The molecule has 0 aromatic rings. The first kappa shape index (κ1) is 54.0. The topological polar surface area (TPSA) is 167 Å². The third-order valence-corrected chi connectivity index (χ3v) is 15.5. The molecule has 2 aliphatic heterocycles. The van der Waals surface area contributed by atoms with Crippen LogP contribution in [0.4, 0.5) is 26.3 Å². The van der Waals surface area contributed by atoms with E-state index in [0.717, 1.165) is 0 Å². The second kappa shape index (κ2) is 25.5. The summed E-state index contributed by atoms with van der Waals surface area (Å²) in [6.45, 7) is 11.2. The van der Waals surface area contributed by atoms with Crippen LogP contribution in [0.1, 0.15) is 137 Å². The van der Waals surface area contributed by atoms with E-state index >= 15 is 0 Å². The van der Waals surface area contributed by atoms with Crippen LogP contribution >= 0.6 is 0 Å². The van der Waals surface area contributed by atoms with E-state index in [9.17, 15) is 35.9 Å². The predicted molar refractivity (Wildman–Crippen MR) is 203 cm³/mol. The second-order valence-electron chi connectivity index (χ2n) is 14.5. The van der Waals surface area contributed by atoms with E-state index in [4.69, 9.17) is 35.4 Å². The smallest absolute Gasteiger partial charge is 0.485 e. The molecule has 2 fully saturated rings. The fourth-order valence-electron chi connectivity index (χ4n) is 6.52. The van der Waals surface area contributed by atoms with Crippen molar-refractivity contribution >= 4 is 54.0 Å². The molecule has 328 valence electrons. The Morgan fingerprint density at radius 1 is 0.618 bits per heavy atom. The van der Waals surface area contributed by atoms with Gasteiger partial charge in [-0.3, -0.25) is 0 Å². The highest BCUT2D eigenvalue weighted by Gasteiger charge is 2.42. The predicted octanol–water partition coefficient (Wildman–Crippen LogP) is 8.12. The van der Waals surface area contributed by atoms with Crippen molar-refractivity contribution in [2.45, 2.75) is 154 Å². The van der Waals surface area contributed by atoms with Gasteiger partial charge in [-0.2, -0.15) is 26.3 Å². The second-order valence-corrected chi connectivity index (χ2v) is 21.9. The van der Waals surface area contributed by atoms with E-state index in [1.165, 1.54) is 126 Å². The molecule has 2 rings (SSSR count). The monoisotopic (exact) mass is 884 g/mol. The quantitative estimate of drug-likeness (QED) is 0.0406. The van der Waals surface area contributed by atoms with Gasteiger partial charge in [0.25, 0.3) is 0 Å². The molecule has 0 bridgehead atoms. The van der Waals surface area contributed by atoms with Gasteiger partial charge in [0, 0.05) is 0 Å². The van der Waals surface area contributed by atoms with Crippen LogP contribution in [0.15, 0.2) is 0 Å². The van der Waals surface area contributed by atoms with E-state index in [2.05, 4.69) is 27.7 Å². The van der Waals surface area contributed by atoms with Crippen LogP contribution in [0, 0.1) is 10.8 Å². The maximum absolute atomic E-state index is 12.6. The fourth-order valence-corrected chi connectivity index (χ4v) is 11.2. The molecule has 0 spiro atoms. The molecule has 2 heterocycles. The number of hydrogen-bond donors (Lipinski definition) is 0. The number of carbonyl (C=O) groups excluding carboxylic acids is 2. The lowest BCUT2D eigenvalue weighted by Crippen LogP contribution is -2.38. The summed E-state index contributed by atoms with van der Waals surface area (Å²) in [5, 5.41) is 0. The Hall–Kier alpha value is -0.960. The van der Waals surface area contributed by atoms with Crippen molar-refractivity contribution in [2.24, 2.45) is 10.8 Å². The molecule has 2 aliphatic rings. The van der Waals surface area contributed by atoms with Crippen LogP contribution in [0.3, 0.4) is 0 Å². The van der Waals surface area contributed by atoms with Gasteiger partial charge in [-0.05, 0) is 90.9 Å². The van der Waals surface area contributed by atoms with Crippen LogP contribution in [0.25, 0.3) is 0 Å². The Morgan fingerprint density at radius 2 is 0.891 bits per heavy atom. The molecule has 10 nitrogen and oxygen atoms in total. The van der Waals surface area contributed by atoms with Crippen LogP contribution in [0.2, 0.25) is 0 Å². The summed E-state index contributed by atoms with van der Waals surface area (Å²) in [6, 6.07) is 0. The molecule has 1 unspecified atom stereocenters. The first-order chi connectivity index (χ1) is 25.3. The highest BCUT2D eigenvalue weighted by molar-refractivity contribution is 7.97. The molecule has 20 heteroatoms. The van der Waals surface area contributed by atoms with Crippen molar-refractivity contribution in [3.63, 3.8) is 0 Å². The normalized spacial score (nSPS) is 18.6. The average molecular weight is 885 g/mol. The number of alkyl halides is 6. The van der Waals surface area contributed by atoms with Gasteiger partial charge in [-0.25, -0.2) is 26.4 Å². The number of unbranched alkanes of at least 4 members (excludes halogenated alkanes) is 4. The Kier molecular flexibility index (Phi) is 25.1. The van der Waals surface area contributed by atoms with Gasteiger partial charge in [-0.1, -0.05) is 79.1 Å². The summed E-state index contributed by atoms with van der Waals surface area (Å²) < 4.78 is 129. The zero-order valence-electron chi connectivity index (χ0n) is 32.8. The van der Waals surface area contributed by atoms with Gasteiger partial charge < -0.3 is 18.6 Å². The van der Waals surface area contributed by atoms with Gasteiger partial charge in [0.1, 0.15) is 35.7 Å². The number of hydrogen-bond acceptors (Lipinski definition) is 10. The summed E-state index contributed by atoms with van der Waals surface area (Å²) in [6.07, 6.45) is 20.6. The van der Waals surface area contributed by atoms with Crippen molar-refractivity contribution in [1.29, 1.82) is 0 Å². The third-order valence-electron chi connectivity index (χ3n) is 9.95. The molecule has 1 atom stereocenters. The van der Waals surface area contributed by atoms with E-state index in [1.807, 2.05) is 6.92 Å². The molecular formula is C35H62F6O10S4. The third kappa shape index (κ3) is 22.7. The van der Waals surface area contributed by atoms with Crippen molar-refractivity contribution in [3.05, 3.63) is 0 Å². The van der Waals surface area contributed by atoms with Gasteiger partial charge in [-0.15, -0.1) is 0 Å². The molecule has 0 amide bonds. The maximum atomic E-state index is 12.6. The van der Waals surface area contributed by atoms with E-state index in [1.54, 1.807) is 0 Å².